The zero-order valence-corrected chi connectivity index (χ0v) is 12.1. The molecule has 2 aliphatic rings. The second-order valence-corrected chi connectivity index (χ2v) is 2.65. The van der Waals surface area contributed by atoms with E-state index in [9.17, 15) is 19.8 Å². The molecule has 98 valence electrons. The van der Waals surface area contributed by atoms with E-state index < -0.39 is 11.9 Å². The Kier molecular flexibility index (Phi) is 7.93. The minimum atomic E-state index is -1.39. The van der Waals surface area contributed by atoms with E-state index in [4.69, 9.17) is 0 Å². The van der Waals surface area contributed by atoms with Crippen LogP contribution in [-0.4, -0.2) is 35.8 Å². The molecule has 2 heterocycles. The van der Waals surface area contributed by atoms with Gasteiger partial charge in [-0.25, -0.2) is 0 Å². The monoisotopic (exact) mass is 374 g/mol. The van der Waals surface area contributed by atoms with Crippen LogP contribution in [0.25, 0.3) is 0 Å². The second kappa shape index (κ2) is 8.91. The molecule has 0 saturated carbocycles. The molecule has 0 aromatic carbocycles. The molecule has 0 N–H and O–H groups in total. The normalized spacial score (nSPS) is 14.5. The Labute approximate surface area is 124 Å². The molecule has 0 fully saturated rings. The van der Waals surface area contributed by atoms with Crippen LogP contribution in [0.3, 0.4) is 0 Å². The minimum absolute atomic E-state index is 0. The number of aliphatic carboxylic acids is 2. The van der Waals surface area contributed by atoms with Crippen LogP contribution < -0.4 is 10.2 Å². The Hall–Kier alpha value is -2.10. The summed E-state index contributed by atoms with van der Waals surface area (Å²) in [6.07, 6.45) is 7.69. The van der Waals surface area contributed by atoms with E-state index in [0.717, 1.165) is 0 Å². The van der Waals surface area contributed by atoms with Crippen molar-refractivity contribution in [1.29, 1.82) is 0 Å². The van der Waals surface area contributed by atoms with Gasteiger partial charge in [0.15, 0.2) is 0 Å². The van der Waals surface area contributed by atoms with Crippen LogP contribution in [0.1, 0.15) is 0 Å². The van der Waals surface area contributed by atoms with E-state index in [1.165, 1.54) is 36.8 Å². The molecule has 9 heteroatoms. The topological polar surface area (TPSA) is 117 Å². The van der Waals surface area contributed by atoms with Gasteiger partial charge in [-0.15, -0.1) is 0 Å². The summed E-state index contributed by atoms with van der Waals surface area (Å²) >= 11 is 0. The third-order valence-corrected chi connectivity index (χ3v) is 1.44. The average Bonchev–Trinajstić information content (AvgIpc) is 2.41. The molecule has 0 spiro atoms. The molecule has 0 unspecified atom stereocenters. The summed E-state index contributed by atoms with van der Waals surface area (Å²) < 4.78 is 0. The van der Waals surface area contributed by atoms with E-state index in [-0.39, 0.29) is 35.4 Å². The van der Waals surface area contributed by atoms with Crippen LogP contribution in [0, 0.1) is 0 Å². The molecule has 0 atom stereocenters. The summed E-state index contributed by atoms with van der Waals surface area (Å²) in [6.45, 7) is 0. The van der Waals surface area contributed by atoms with Gasteiger partial charge < -0.3 is 19.8 Å². The van der Waals surface area contributed by atoms with Crippen molar-refractivity contribution in [3.05, 3.63) is 48.3 Å². The Morgan fingerprint density at radius 1 is 0.842 bits per heavy atom. The number of allylic oxidation sites excluding steroid dienone is 4. The van der Waals surface area contributed by atoms with E-state index in [0.29, 0.717) is 0 Å². The molecule has 0 bridgehead atoms. The average molecular weight is 373 g/mol. The van der Waals surface area contributed by atoms with Crippen LogP contribution in [0.5, 0.6) is 0 Å². The predicted molar refractivity (Wildman–Crippen MR) is 54.6 cm³/mol. The van der Waals surface area contributed by atoms with Gasteiger partial charge in [0.2, 0.25) is 11.5 Å². The first-order chi connectivity index (χ1) is 8.61. The first-order valence-electron chi connectivity index (χ1n) is 4.44. The number of rotatable bonds is 2. The molecule has 2 rings (SSSR count). The van der Waals surface area contributed by atoms with E-state index in [1.54, 1.807) is 0 Å². The van der Waals surface area contributed by atoms with E-state index in [1.807, 2.05) is 0 Å². The molecule has 19 heavy (non-hydrogen) atoms. The number of carbonyl (C=O) groups is 2. The molecular formula is C10H6O8Sn. The summed E-state index contributed by atoms with van der Waals surface area (Å²) in [4.78, 5) is 36.5. The van der Waals surface area contributed by atoms with E-state index >= 15 is 0 Å². The number of hydrogen-bond donors (Lipinski definition) is 0. The van der Waals surface area contributed by atoms with Gasteiger partial charge in [0.1, 0.15) is 24.5 Å². The smallest absolute Gasteiger partial charge is 0.541 e. The van der Waals surface area contributed by atoms with Crippen molar-refractivity contribution in [1.82, 2.24) is 0 Å². The van der Waals surface area contributed by atoms with Crippen LogP contribution in [0.15, 0.2) is 48.3 Å². The Morgan fingerprint density at radius 2 is 1.21 bits per heavy atom. The van der Waals surface area contributed by atoms with Gasteiger partial charge in [0.25, 0.3) is 0 Å². The SMILES string of the molecule is O=C([O-])C1=CC=COO1.O=C([O-])C1=CC=COO1.[Sn+2]. The summed E-state index contributed by atoms with van der Waals surface area (Å²) in [5.74, 6) is -3.42. The molecule has 0 aromatic rings. The van der Waals surface area contributed by atoms with Gasteiger partial charge in [-0.2, -0.15) is 0 Å². The Bertz CT molecular complexity index is 406. The summed E-state index contributed by atoms with van der Waals surface area (Å²) in [5.41, 5.74) is 0. The number of carboxylic acids is 2. The fraction of sp³-hybridized carbons (Fsp3) is 0. The van der Waals surface area contributed by atoms with Gasteiger partial charge in [0, 0.05) is 0 Å². The molecule has 0 aromatic heterocycles. The maximum absolute atomic E-state index is 9.94. The third kappa shape index (κ3) is 6.40. The van der Waals surface area contributed by atoms with Crippen LogP contribution in [0.2, 0.25) is 0 Å². The van der Waals surface area contributed by atoms with Crippen molar-refractivity contribution in [3.63, 3.8) is 0 Å². The van der Waals surface area contributed by atoms with Crippen molar-refractivity contribution in [2.45, 2.75) is 0 Å². The molecule has 8 nitrogen and oxygen atoms in total. The summed E-state index contributed by atoms with van der Waals surface area (Å²) in [5, 5.41) is 19.9. The molecule has 0 aliphatic carbocycles. The Morgan fingerprint density at radius 3 is 1.37 bits per heavy atom. The molecule has 0 saturated heterocycles. The molecular weight excluding hydrogens is 367 g/mol. The van der Waals surface area contributed by atoms with Gasteiger partial charge in [-0.1, -0.05) is 0 Å². The second-order valence-electron chi connectivity index (χ2n) is 2.65. The maximum atomic E-state index is 9.94. The third-order valence-electron chi connectivity index (χ3n) is 1.44. The van der Waals surface area contributed by atoms with Crippen molar-refractivity contribution >= 4 is 35.8 Å². The number of carboxylic acid groups (broad SMARTS) is 2. The van der Waals surface area contributed by atoms with Gasteiger partial charge >= 0.3 is 23.9 Å². The molecule has 2 radical (unpaired) electrons. The van der Waals surface area contributed by atoms with Gasteiger partial charge in [-0.3, -0.25) is 19.6 Å². The summed E-state index contributed by atoms with van der Waals surface area (Å²) in [6, 6.07) is 0. The minimum Gasteiger partial charge on any atom is -0.541 e. The number of hydrogen-bond acceptors (Lipinski definition) is 8. The van der Waals surface area contributed by atoms with Gasteiger partial charge in [-0.05, 0) is 24.3 Å². The van der Waals surface area contributed by atoms with Gasteiger partial charge in [0.05, 0.1) is 0 Å². The standard InChI is InChI=1S/2C5H4O4.Sn/c2*6-5(7)4-2-1-3-8-9-4;/h2*1-3H,(H,6,7);/q;;+2/p-2. The van der Waals surface area contributed by atoms with Crippen molar-refractivity contribution in [3.8, 4) is 0 Å². The Balaban J connectivity index is 0.000000324. The van der Waals surface area contributed by atoms with Crippen molar-refractivity contribution in [2.24, 2.45) is 0 Å². The first-order valence-corrected chi connectivity index (χ1v) is 4.44. The van der Waals surface area contributed by atoms with Crippen LogP contribution >= 0.6 is 0 Å². The molecule has 0 amide bonds. The number of carbonyl (C=O) groups excluding carboxylic acids is 2. The predicted octanol–water partition coefficient (Wildman–Crippen LogP) is -2.19. The zero-order chi connectivity index (χ0) is 13.4. The quantitative estimate of drug-likeness (QED) is 0.396. The summed E-state index contributed by atoms with van der Waals surface area (Å²) in [7, 11) is 0. The maximum Gasteiger partial charge on any atom is 2.00 e. The van der Waals surface area contributed by atoms with E-state index in [2.05, 4.69) is 19.6 Å². The van der Waals surface area contributed by atoms with Crippen LogP contribution in [-0.2, 0) is 29.1 Å². The van der Waals surface area contributed by atoms with Crippen molar-refractivity contribution < 1.29 is 39.4 Å². The largest absolute Gasteiger partial charge is 2.00 e. The fourth-order valence-corrected chi connectivity index (χ4v) is 0.736. The molecule has 2 aliphatic heterocycles. The zero-order valence-electron chi connectivity index (χ0n) is 9.23. The van der Waals surface area contributed by atoms with Crippen molar-refractivity contribution in [2.75, 3.05) is 0 Å². The first kappa shape index (κ1) is 16.9. The fourth-order valence-electron chi connectivity index (χ4n) is 0.736. The van der Waals surface area contributed by atoms with Crippen LogP contribution in [0.4, 0.5) is 0 Å².